The summed E-state index contributed by atoms with van der Waals surface area (Å²) in [6, 6.07) is -0.637. The van der Waals surface area contributed by atoms with E-state index in [1.165, 1.54) is 11.3 Å². The Balaban J connectivity index is 2.09. The second kappa shape index (κ2) is 6.56. The number of carbonyl (C=O) groups is 3. The van der Waals surface area contributed by atoms with Gasteiger partial charge in [-0.1, -0.05) is 19.3 Å². The lowest BCUT2D eigenvalue weighted by atomic mass is 9.80. The summed E-state index contributed by atoms with van der Waals surface area (Å²) in [5, 5.41) is 0. The first-order chi connectivity index (χ1) is 10.0. The van der Waals surface area contributed by atoms with Gasteiger partial charge in [-0.05, 0) is 32.1 Å². The smallest absolute Gasteiger partial charge is 0.339 e. The van der Waals surface area contributed by atoms with Crippen LogP contribution in [-0.2, 0) is 19.1 Å². The molecule has 21 heavy (non-hydrogen) atoms. The number of aldehydes is 1. The summed E-state index contributed by atoms with van der Waals surface area (Å²) in [6.45, 7) is 2.25. The standard InChI is InChI=1S/C15H24N2O4/c1-2-21-14(20)15(10-18)7-4-8-17(15)13(19)12(16)9-11-5-3-6-11/h10-12H,2-9,16H2,1H3/t12-,15+/m1/s1. The number of rotatable bonds is 6. The summed E-state index contributed by atoms with van der Waals surface area (Å²) in [5.41, 5.74) is 4.53. The maximum atomic E-state index is 12.5. The Bertz CT molecular complexity index is 422. The zero-order valence-electron chi connectivity index (χ0n) is 12.5. The lowest BCUT2D eigenvalue weighted by Gasteiger charge is -2.35. The highest BCUT2D eigenvalue weighted by Gasteiger charge is 2.52. The van der Waals surface area contributed by atoms with Gasteiger partial charge in [0.15, 0.2) is 11.8 Å². The normalized spacial score (nSPS) is 27.0. The van der Waals surface area contributed by atoms with Crippen LogP contribution in [0.25, 0.3) is 0 Å². The molecular weight excluding hydrogens is 272 g/mol. The minimum absolute atomic E-state index is 0.185. The van der Waals surface area contributed by atoms with E-state index in [0.29, 0.717) is 38.0 Å². The zero-order chi connectivity index (χ0) is 15.5. The molecule has 0 aromatic rings. The van der Waals surface area contributed by atoms with Gasteiger partial charge in [0.1, 0.15) is 0 Å². The minimum Gasteiger partial charge on any atom is -0.464 e. The van der Waals surface area contributed by atoms with Gasteiger partial charge in [-0.2, -0.15) is 0 Å². The van der Waals surface area contributed by atoms with Gasteiger partial charge in [-0.15, -0.1) is 0 Å². The molecule has 1 aliphatic carbocycles. The van der Waals surface area contributed by atoms with Gasteiger partial charge in [0, 0.05) is 6.54 Å². The summed E-state index contributed by atoms with van der Waals surface area (Å²) < 4.78 is 4.99. The van der Waals surface area contributed by atoms with Gasteiger partial charge in [0.2, 0.25) is 5.91 Å². The van der Waals surface area contributed by atoms with E-state index < -0.39 is 17.6 Å². The number of likely N-dealkylation sites (tertiary alicyclic amines) is 1. The summed E-state index contributed by atoms with van der Waals surface area (Å²) in [7, 11) is 0. The van der Waals surface area contributed by atoms with Crippen LogP contribution >= 0.6 is 0 Å². The molecule has 0 aromatic carbocycles. The topological polar surface area (TPSA) is 89.7 Å². The first-order valence-corrected chi connectivity index (χ1v) is 7.75. The molecule has 0 spiro atoms. The summed E-state index contributed by atoms with van der Waals surface area (Å²) in [4.78, 5) is 37.5. The van der Waals surface area contributed by atoms with Crippen molar-refractivity contribution >= 4 is 18.2 Å². The van der Waals surface area contributed by atoms with Crippen molar-refractivity contribution in [3.8, 4) is 0 Å². The molecular formula is C15H24N2O4. The van der Waals surface area contributed by atoms with E-state index in [2.05, 4.69) is 0 Å². The quantitative estimate of drug-likeness (QED) is 0.441. The van der Waals surface area contributed by atoms with Crippen LogP contribution in [0.4, 0.5) is 0 Å². The molecule has 2 atom stereocenters. The fraction of sp³-hybridized carbons (Fsp3) is 0.800. The Labute approximate surface area is 125 Å². The van der Waals surface area contributed by atoms with Crippen LogP contribution in [0.5, 0.6) is 0 Å². The average Bonchev–Trinajstić information content (AvgIpc) is 2.87. The first kappa shape index (κ1) is 15.9. The summed E-state index contributed by atoms with van der Waals surface area (Å²) in [6.07, 6.45) is 5.52. The van der Waals surface area contributed by atoms with Gasteiger partial charge in [-0.3, -0.25) is 4.79 Å². The number of nitrogens with two attached hydrogens (primary N) is 1. The van der Waals surface area contributed by atoms with Crippen LogP contribution in [-0.4, -0.2) is 47.8 Å². The maximum Gasteiger partial charge on any atom is 0.339 e. The number of amides is 1. The van der Waals surface area contributed by atoms with E-state index in [-0.39, 0.29) is 12.5 Å². The van der Waals surface area contributed by atoms with Crippen molar-refractivity contribution in [1.82, 2.24) is 4.90 Å². The first-order valence-electron chi connectivity index (χ1n) is 7.75. The van der Waals surface area contributed by atoms with Crippen LogP contribution in [0.2, 0.25) is 0 Å². The molecule has 1 saturated heterocycles. The number of esters is 1. The van der Waals surface area contributed by atoms with E-state index >= 15 is 0 Å². The molecule has 118 valence electrons. The SMILES string of the molecule is CCOC(=O)[C@@]1(C=O)CCCN1C(=O)[C@H](N)CC1CCC1. The van der Waals surface area contributed by atoms with Crippen molar-refractivity contribution in [3.63, 3.8) is 0 Å². The van der Waals surface area contributed by atoms with E-state index in [1.807, 2.05) is 0 Å². The molecule has 0 unspecified atom stereocenters. The Morgan fingerprint density at radius 3 is 2.67 bits per heavy atom. The fourth-order valence-corrected chi connectivity index (χ4v) is 3.18. The molecule has 2 fully saturated rings. The third kappa shape index (κ3) is 2.95. The van der Waals surface area contributed by atoms with Crippen LogP contribution in [0.3, 0.4) is 0 Å². The highest BCUT2D eigenvalue weighted by Crippen LogP contribution is 2.33. The lowest BCUT2D eigenvalue weighted by molar-refractivity contribution is -0.163. The summed E-state index contributed by atoms with van der Waals surface area (Å²) >= 11 is 0. The zero-order valence-corrected chi connectivity index (χ0v) is 12.5. The lowest BCUT2D eigenvalue weighted by Crippen LogP contribution is -2.59. The van der Waals surface area contributed by atoms with Crippen molar-refractivity contribution in [2.45, 2.75) is 57.0 Å². The van der Waals surface area contributed by atoms with Gasteiger partial charge in [0.25, 0.3) is 0 Å². The minimum atomic E-state index is -1.47. The number of hydrogen-bond acceptors (Lipinski definition) is 5. The third-order valence-electron chi connectivity index (χ3n) is 4.64. The number of hydrogen-bond donors (Lipinski definition) is 1. The molecule has 1 heterocycles. The average molecular weight is 296 g/mol. The second-order valence-electron chi connectivity index (χ2n) is 6.00. The number of carbonyl (C=O) groups excluding carboxylic acids is 3. The Morgan fingerprint density at radius 1 is 1.43 bits per heavy atom. The fourth-order valence-electron chi connectivity index (χ4n) is 3.18. The molecule has 1 saturated carbocycles. The van der Waals surface area contributed by atoms with Crippen molar-refractivity contribution in [2.24, 2.45) is 11.7 Å². The summed E-state index contributed by atoms with van der Waals surface area (Å²) in [5.74, 6) is -0.443. The van der Waals surface area contributed by atoms with E-state index in [9.17, 15) is 14.4 Å². The number of ether oxygens (including phenoxy) is 1. The van der Waals surface area contributed by atoms with Crippen molar-refractivity contribution in [2.75, 3.05) is 13.2 Å². The molecule has 6 heteroatoms. The van der Waals surface area contributed by atoms with E-state index in [4.69, 9.17) is 10.5 Å². The molecule has 0 aromatic heterocycles. The molecule has 2 rings (SSSR count). The largest absolute Gasteiger partial charge is 0.464 e. The van der Waals surface area contributed by atoms with Gasteiger partial charge < -0.3 is 20.2 Å². The Kier molecular flexibility index (Phi) is 4.98. The highest BCUT2D eigenvalue weighted by atomic mass is 16.5. The van der Waals surface area contributed by atoms with Gasteiger partial charge >= 0.3 is 5.97 Å². The number of nitrogens with zero attached hydrogens (tertiary/aromatic N) is 1. The molecule has 6 nitrogen and oxygen atoms in total. The maximum absolute atomic E-state index is 12.5. The van der Waals surface area contributed by atoms with E-state index in [0.717, 1.165) is 12.8 Å². The Morgan fingerprint density at radius 2 is 2.14 bits per heavy atom. The van der Waals surface area contributed by atoms with Crippen molar-refractivity contribution < 1.29 is 19.1 Å². The van der Waals surface area contributed by atoms with Crippen LogP contribution < -0.4 is 5.73 Å². The van der Waals surface area contributed by atoms with E-state index in [1.54, 1.807) is 6.92 Å². The van der Waals surface area contributed by atoms with Crippen LogP contribution in [0.1, 0.15) is 45.4 Å². The molecule has 0 radical (unpaired) electrons. The Hall–Kier alpha value is -1.43. The predicted octanol–water partition coefficient (Wildman–Crippen LogP) is 0.627. The second-order valence-corrected chi connectivity index (χ2v) is 6.00. The van der Waals surface area contributed by atoms with Crippen LogP contribution in [0, 0.1) is 5.92 Å². The van der Waals surface area contributed by atoms with Gasteiger partial charge in [-0.25, -0.2) is 4.79 Å². The predicted molar refractivity (Wildman–Crippen MR) is 76.3 cm³/mol. The van der Waals surface area contributed by atoms with Crippen molar-refractivity contribution in [3.05, 3.63) is 0 Å². The van der Waals surface area contributed by atoms with Crippen molar-refractivity contribution in [1.29, 1.82) is 0 Å². The monoisotopic (exact) mass is 296 g/mol. The van der Waals surface area contributed by atoms with Gasteiger partial charge in [0.05, 0.1) is 12.6 Å². The van der Waals surface area contributed by atoms with Crippen LogP contribution in [0.15, 0.2) is 0 Å². The molecule has 1 amide bonds. The highest BCUT2D eigenvalue weighted by molar-refractivity contribution is 6.03. The third-order valence-corrected chi connectivity index (χ3v) is 4.64. The molecule has 2 N–H and O–H groups in total. The molecule has 0 bridgehead atoms. The molecule has 2 aliphatic rings. The molecule has 1 aliphatic heterocycles.